The Balaban J connectivity index is 2.31. The number of aromatic nitrogens is 1. The van der Waals surface area contributed by atoms with E-state index in [4.69, 9.17) is 5.73 Å². The highest BCUT2D eigenvalue weighted by Gasteiger charge is 2.27. The Morgan fingerprint density at radius 1 is 1.10 bits per heavy atom. The summed E-state index contributed by atoms with van der Waals surface area (Å²) in [5, 5.41) is 0. The number of nitrogens with zero attached hydrogens (tertiary/aromatic N) is 2. The fourth-order valence-corrected chi connectivity index (χ4v) is 2.67. The molecule has 2 rings (SSSR count). The summed E-state index contributed by atoms with van der Waals surface area (Å²) in [6.07, 6.45) is 1.76. The molecule has 3 atom stereocenters. The molecule has 0 amide bonds. The lowest BCUT2D eigenvalue weighted by molar-refractivity contribution is 0.159. The molecule has 0 radical (unpaired) electrons. The molecule has 0 spiro atoms. The van der Waals surface area contributed by atoms with Crippen LogP contribution in [0, 0.1) is 5.82 Å². The fourth-order valence-electron chi connectivity index (χ4n) is 2.67. The zero-order valence-corrected chi connectivity index (χ0v) is 12.7. The molecule has 2 N–H and O–H groups in total. The van der Waals surface area contributed by atoms with Crippen LogP contribution in [-0.2, 0) is 0 Å². The Morgan fingerprint density at radius 2 is 1.76 bits per heavy atom. The summed E-state index contributed by atoms with van der Waals surface area (Å²) in [5.41, 5.74) is 7.72. The molecule has 3 nitrogen and oxygen atoms in total. The minimum absolute atomic E-state index is 0.0687. The van der Waals surface area contributed by atoms with Crippen LogP contribution in [0.15, 0.2) is 48.7 Å². The predicted molar refractivity (Wildman–Crippen MR) is 83.2 cm³/mol. The van der Waals surface area contributed by atoms with E-state index in [2.05, 4.69) is 9.88 Å². The van der Waals surface area contributed by atoms with Gasteiger partial charge < -0.3 is 5.73 Å². The van der Waals surface area contributed by atoms with Crippen molar-refractivity contribution in [3.63, 3.8) is 0 Å². The van der Waals surface area contributed by atoms with Crippen molar-refractivity contribution in [2.75, 3.05) is 7.05 Å². The second-order valence-corrected chi connectivity index (χ2v) is 5.42. The Morgan fingerprint density at radius 3 is 2.33 bits per heavy atom. The number of hydrogen-bond donors (Lipinski definition) is 1. The molecular formula is C17H22FN3. The molecule has 2 aromatic rings. The van der Waals surface area contributed by atoms with E-state index in [1.54, 1.807) is 12.3 Å². The van der Waals surface area contributed by atoms with E-state index in [9.17, 15) is 4.39 Å². The van der Waals surface area contributed by atoms with Crippen molar-refractivity contribution in [3.05, 3.63) is 65.7 Å². The number of likely N-dealkylation sites (N-methyl/N-ethyl adjacent to an activating group) is 1. The number of rotatable bonds is 5. The minimum Gasteiger partial charge on any atom is -0.326 e. The van der Waals surface area contributed by atoms with Crippen molar-refractivity contribution in [2.24, 2.45) is 5.73 Å². The molecule has 0 saturated carbocycles. The van der Waals surface area contributed by atoms with Gasteiger partial charge in [0, 0.05) is 23.8 Å². The van der Waals surface area contributed by atoms with Crippen molar-refractivity contribution < 1.29 is 4.39 Å². The second kappa shape index (κ2) is 6.78. The summed E-state index contributed by atoms with van der Waals surface area (Å²) in [6, 6.07) is 12.4. The lowest BCUT2D eigenvalue weighted by atomic mass is 9.99. The molecule has 1 aromatic heterocycles. The van der Waals surface area contributed by atoms with E-state index in [1.807, 2.05) is 51.2 Å². The van der Waals surface area contributed by atoms with Gasteiger partial charge in [-0.15, -0.1) is 0 Å². The molecule has 0 aliphatic heterocycles. The first-order valence-electron chi connectivity index (χ1n) is 7.15. The van der Waals surface area contributed by atoms with Gasteiger partial charge in [-0.05, 0) is 39.1 Å². The number of halogens is 1. The van der Waals surface area contributed by atoms with Gasteiger partial charge in [0.05, 0.1) is 11.7 Å². The first-order valence-corrected chi connectivity index (χ1v) is 7.15. The molecule has 0 bridgehead atoms. The normalized spacial score (nSPS) is 15.7. The third kappa shape index (κ3) is 3.46. The first kappa shape index (κ1) is 15.6. The third-order valence-electron chi connectivity index (χ3n) is 3.89. The molecule has 4 heteroatoms. The van der Waals surface area contributed by atoms with Crippen LogP contribution in [0.5, 0.6) is 0 Å². The van der Waals surface area contributed by atoms with Crippen LogP contribution in [0.25, 0.3) is 0 Å². The first-order chi connectivity index (χ1) is 10.0. The average molecular weight is 287 g/mol. The van der Waals surface area contributed by atoms with Crippen LogP contribution in [0.2, 0.25) is 0 Å². The Bertz CT molecular complexity index is 571. The van der Waals surface area contributed by atoms with Crippen molar-refractivity contribution in [2.45, 2.75) is 32.0 Å². The Labute approximate surface area is 125 Å². The third-order valence-corrected chi connectivity index (χ3v) is 3.89. The van der Waals surface area contributed by atoms with Crippen LogP contribution in [0.3, 0.4) is 0 Å². The Kier molecular flexibility index (Phi) is 5.04. The number of pyridine rings is 1. The smallest absolute Gasteiger partial charge is 0.127 e. The van der Waals surface area contributed by atoms with Crippen molar-refractivity contribution in [1.29, 1.82) is 0 Å². The van der Waals surface area contributed by atoms with Crippen LogP contribution in [-0.4, -0.2) is 23.0 Å². The summed E-state index contributed by atoms with van der Waals surface area (Å²) in [6.45, 7) is 3.93. The predicted octanol–water partition coefficient (Wildman–Crippen LogP) is 3.30. The van der Waals surface area contributed by atoms with Crippen LogP contribution >= 0.6 is 0 Å². The van der Waals surface area contributed by atoms with E-state index in [1.165, 1.54) is 6.07 Å². The van der Waals surface area contributed by atoms with Gasteiger partial charge in [-0.3, -0.25) is 9.88 Å². The fraction of sp³-hybridized carbons (Fsp3) is 0.353. The molecule has 0 aliphatic carbocycles. The Hall–Kier alpha value is -1.78. The van der Waals surface area contributed by atoms with Gasteiger partial charge in [0.2, 0.25) is 0 Å². The minimum atomic E-state index is -0.193. The topological polar surface area (TPSA) is 42.1 Å². The van der Waals surface area contributed by atoms with Gasteiger partial charge in [-0.1, -0.05) is 24.3 Å². The quantitative estimate of drug-likeness (QED) is 0.917. The lowest BCUT2D eigenvalue weighted by Gasteiger charge is -2.35. The van der Waals surface area contributed by atoms with Crippen LogP contribution in [0.1, 0.15) is 37.2 Å². The van der Waals surface area contributed by atoms with Crippen LogP contribution < -0.4 is 5.73 Å². The summed E-state index contributed by atoms with van der Waals surface area (Å²) in [4.78, 5) is 6.48. The van der Waals surface area contributed by atoms with E-state index in [-0.39, 0.29) is 23.9 Å². The number of benzene rings is 1. The summed E-state index contributed by atoms with van der Waals surface area (Å²) in [7, 11) is 1.96. The molecule has 3 unspecified atom stereocenters. The molecule has 21 heavy (non-hydrogen) atoms. The lowest BCUT2D eigenvalue weighted by Crippen LogP contribution is -2.39. The highest BCUT2D eigenvalue weighted by atomic mass is 19.1. The van der Waals surface area contributed by atoms with Gasteiger partial charge in [0.15, 0.2) is 0 Å². The van der Waals surface area contributed by atoms with E-state index in [0.29, 0.717) is 5.56 Å². The van der Waals surface area contributed by atoms with Gasteiger partial charge in [-0.25, -0.2) is 4.39 Å². The number of hydrogen-bond acceptors (Lipinski definition) is 3. The maximum atomic E-state index is 14.0. The monoisotopic (exact) mass is 287 g/mol. The molecule has 0 aliphatic rings. The standard InChI is InChI=1S/C17H22FN3/c1-12(19)17(16-10-6-7-11-20-16)21(3)13(2)14-8-4-5-9-15(14)18/h4-13,17H,19H2,1-3H3. The second-order valence-electron chi connectivity index (χ2n) is 5.42. The maximum Gasteiger partial charge on any atom is 0.127 e. The van der Waals surface area contributed by atoms with Crippen molar-refractivity contribution >= 4 is 0 Å². The van der Waals surface area contributed by atoms with Crippen LogP contribution in [0.4, 0.5) is 4.39 Å². The largest absolute Gasteiger partial charge is 0.326 e. The van der Waals surface area contributed by atoms with Gasteiger partial charge in [-0.2, -0.15) is 0 Å². The zero-order valence-electron chi connectivity index (χ0n) is 12.7. The molecule has 1 heterocycles. The molecule has 1 aromatic carbocycles. The number of nitrogens with two attached hydrogens (primary N) is 1. The summed E-state index contributed by atoms with van der Waals surface area (Å²) in [5.74, 6) is -0.193. The molecule has 112 valence electrons. The maximum absolute atomic E-state index is 14.0. The van der Waals surface area contributed by atoms with E-state index in [0.717, 1.165) is 5.69 Å². The summed E-state index contributed by atoms with van der Waals surface area (Å²) >= 11 is 0. The van der Waals surface area contributed by atoms with E-state index < -0.39 is 0 Å². The molecule has 0 saturated heterocycles. The summed E-state index contributed by atoms with van der Waals surface area (Å²) < 4.78 is 14.0. The molecule has 0 fully saturated rings. The average Bonchev–Trinajstić information content (AvgIpc) is 2.48. The van der Waals surface area contributed by atoms with Crippen molar-refractivity contribution in [3.8, 4) is 0 Å². The highest BCUT2D eigenvalue weighted by molar-refractivity contribution is 5.22. The molecular weight excluding hydrogens is 265 g/mol. The van der Waals surface area contributed by atoms with Gasteiger partial charge in [0.1, 0.15) is 5.82 Å². The van der Waals surface area contributed by atoms with E-state index >= 15 is 0 Å². The SMILES string of the molecule is CC(N)C(c1ccccn1)N(C)C(C)c1ccccc1F. The highest BCUT2D eigenvalue weighted by Crippen LogP contribution is 2.30. The van der Waals surface area contributed by atoms with Gasteiger partial charge in [0.25, 0.3) is 0 Å². The van der Waals surface area contributed by atoms with Gasteiger partial charge >= 0.3 is 0 Å². The van der Waals surface area contributed by atoms with Crippen molar-refractivity contribution in [1.82, 2.24) is 9.88 Å². The zero-order chi connectivity index (χ0) is 15.4.